The standard InChI is InChI=1S/C11H24O2.BH3/c1-6-7-8-9-13-11(4,5)10(2,3)12;/h12H,6-9H2,1-5H3;1H3. The summed E-state index contributed by atoms with van der Waals surface area (Å²) in [6.07, 6.45) is 3.48. The van der Waals surface area contributed by atoms with Crippen molar-refractivity contribution < 1.29 is 9.84 Å². The molecule has 0 saturated carbocycles. The van der Waals surface area contributed by atoms with E-state index >= 15 is 0 Å². The molecule has 0 aliphatic carbocycles. The molecule has 0 bridgehead atoms. The van der Waals surface area contributed by atoms with Gasteiger partial charge in [-0.3, -0.25) is 0 Å². The Labute approximate surface area is 90.6 Å². The molecule has 1 N–H and O–H groups in total. The normalized spacial score (nSPS) is 12.4. The summed E-state index contributed by atoms with van der Waals surface area (Å²) in [5.41, 5.74) is -1.24. The molecule has 0 rings (SSSR count). The summed E-state index contributed by atoms with van der Waals surface area (Å²) in [5, 5.41) is 9.78. The maximum atomic E-state index is 9.78. The van der Waals surface area contributed by atoms with Crippen molar-refractivity contribution in [2.75, 3.05) is 6.61 Å². The van der Waals surface area contributed by atoms with Crippen molar-refractivity contribution in [3.05, 3.63) is 0 Å². The molecular weight excluding hydrogens is 175 g/mol. The highest BCUT2D eigenvalue weighted by Gasteiger charge is 2.35. The van der Waals surface area contributed by atoms with Crippen molar-refractivity contribution in [1.29, 1.82) is 0 Å². The summed E-state index contributed by atoms with van der Waals surface area (Å²) in [6.45, 7) is 10.3. The molecule has 3 heteroatoms. The Hall–Kier alpha value is -0.0151. The van der Waals surface area contributed by atoms with Crippen molar-refractivity contribution in [3.63, 3.8) is 0 Å². The molecule has 2 nitrogen and oxygen atoms in total. The number of ether oxygens (including phenoxy) is 1. The Bertz CT molecular complexity index is 139. The lowest BCUT2D eigenvalue weighted by Crippen LogP contribution is -2.47. The van der Waals surface area contributed by atoms with E-state index < -0.39 is 11.2 Å². The predicted molar refractivity (Wildman–Crippen MR) is 65.8 cm³/mol. The average molecular weight is 202 g/mol. The molecule has 0 spiro atoms. The average Bonchev–Trinajstić information content (AvgIpc) is 1.96. The van der Waals surface area contributed by atoms with Gasteiger partial charge in [0.1, 0.15) is 0 Å². The molecule has 0 aromatic rings. The third-order valence-corrected chi connectivity index (χ3v) is 2.68. The molecule has 14 heavy (non-hydrogen) atoms. The van der Waals surface area contributed by atoms with E-state index in [1.165, 1.54) is 12.8 Å². The van der Waals surface area contributed by atoms with E-state index in [0.29, 0.717) is 0 Å². The Kier molecular flexibility index (Phi) is 7.58. The Morgan fingerprint density at radius 1 is 1.07 bits per heavy atom. The third-order valence-electron chi connectivity index (χ3n) is 2.68. The van der Waals surface area contributed by atoms with Crippen molar-refractivity contribution in [2.24, 2.45) is 0 Å². The van der Waals surface area contributed by atoms with Gasteiger partial charge in [-0.15, -0.1) is 0 Å². The summed E-state index contributed by atoms with van der Waals surface area (Å²) >= 11 is 0. The van der Waals surface area contributed by atoms with Crippen LogP contribution in [0.4, 0.5) is 0 Å². The molecule has 0 atom stereocenters. The second-order valence-corrected chi connectivity index (χ2v) is 4.62. The first-order valence-electron chi connectivity index (χ1n) is 5.17. The minimum atomic E-state index is -0.779. The van der Waals surface area contributed by atoms with Crippen molar-refractivity contribution >= 4 is 8.41 Å². The fourth-order valence-corrected chi connectivity index (χ4v) is 0.856. The van der Waals surface area contributed by atoms with E-state index in [4.69, 9.17) is 4.74 Å². The van der Waals surface area contributed by atoms with Gasteiger partial charge >= 0.3 is 0 Å². The SMILES string of the molecule is B.CCCCCOC(C)(C)C(C)(C)O. The summed E-state index contributed by atoms with van der Waals surface area (Å²) < 4.78 is 5.65. The zero-order valence-corrected chi connectivity index (χ0v) is 9.68. The van der Waals surface area contributed by atoms with Gasteiger partial charge in [-0.05, 0) is 34.1 Å². The topological polar surface area (TPSA) is 29.5 Å². The van der Waals surface area contributed by atoms with E-state index in [2.05, 4.69) is 6.92 Å². The number of unbranched alkanes of at least 4 members (excludes halogenated alkanes) is 2. The Balaban J connectivity index is 0. The highest BCUT2D eigenvalue weighted by molar-refractivity contribution is 5.75. The van der Waals surface area contributed by atoms with Crippen LogP contribution >= 0.6 is 0 Å². The summed E-state index contributed by atoms with van der Waals surface area (Å²) in [4.78, 5) is 0. The number of aliphatic hydroxyl groups is 1. The highest BCUT2D eigenvalue weighted by Crippen LogP contribution is 2.25. The van der Waals surface area contributed by atoms with Gasteiger partial charge in [0, 0.05) is 6.61 Å². The molecule has 0 radical (unpaired) electrons. The van der Waals surface area contributed by atoms with Gasteiger partial charge in [0.2, 0.25) is 0 Å². The van der Waals surface area contributed by atoms with E-state index in [9.17, 15) is 5.11 Å². The molecule has 0 aromatic carbocycles. The van der Waals surface area contributed by atoms with Crippen LogP contribution in [0.1, 0.15) is 53.9 Å². The molecule has 0 aliphatic heterocycles. The van der Waals surface area contributed by atoms with Gasteiger partial charge in [-0.1, -0.05) is 19.8 Å². The molecule has 0 fully saturated rings. The second kappa shape index (κ2) is 6.47. The third kappa shape index (κ3) is 5.66. The second-order valence-electron chi connectivity index (χ2n) is 4.62. The van der Waals surface area contributed by atoms with Gasteiger partial charge < -0.3 is 9.84 Å². The molecule has 86 valence electrons. The number of hydrogen-bond acceptors (Lipinski definition) is 2. The summed E-state index contributed by atoms with van der Waals surface area (Å²) in [5.74, 6) is 0. The highest BCUT2D eigenvalue weighted by atomic mass is 16.5. The zero-order chi connectivity index (χ0) is 10.5. The van der Waals surface area contributed by atoms with Crippen molar-refractivity contribution in [3.8, 4) is 0 Å². The molecule has 0 aliphatic rings. The van der Waals surface area contributed by atoms with Crippen LogP contribution in [0.25, 0.3) is 0 Å². The first-order valence-corrected chi connectivity index (χ1v) is 5.17. The van der Waals surface area contributed by atoms with Crippen LogP contribution in [-0.4, -0.2) is 31.3 Å². The molecule has 0 unspecified atom stereocenters. The molecular formula is C11H27BO2. The maximum absolute atomic E-state index is 9.78. The largest absolute Gasteiger partial charge is 0.387 e. The predicted octanol–water partition coefficient (Wildman–Crippen LogP) is 1.56. The van der Waals surface area contributed by atoms with Gasteiger partial charge in [-0.2, -0.15) is 0 Å². The fraction of sp³-hybridized carbons (Fsp3) is 1.00. The Morgan fingerprint density at radius 3 is 1.93 bits per heavy atom. The van der Waals surface area contributed by atoms with Crippen LogP contribution < -0.4 is 0 Å². The maximum Gasteiger partial charge on any atom is 0.0906 e. The van der Waals surface area contributed by atoms with E-state index in [0.717, 1.165) is 13.0 Å². The van der Waals surface area contributed by atoms with E-state index in [-0.39, 0.29) is 8.41 Å². The van der Waals surface area contributed by atoms with E-state index in [1.54, 1.807) is 13.8 Å². The van der Waals surface area contributed by atoms with Crippen LogP contribution in [0, 0.1) is 0 Å². The summed E-state index contributed by atoms with van der Waals surface area (Å²) in [6, 6.07) is 0. The van der Waals surface area contributed by atoms with Gasteiger partial charge in [0.25, 0.3) is 0 Å². The Morgan fingerprint density at radius 2 is 1.57 bits per heavy atom. The minimum absolute atomic E-state index is 0. The van der Waals surface area contributed by atoms with E-state index in [1.807, 2.05) is 13.8 Å². The van der Waals surface area contributed by atoms with Crippen molar-refractivity contribution in [2.45, 2.75) is 65.1 Å². The fourth-order valence-electron chi connectivity index (χ4n) is 0.856. The zero-order valence-electron chi connectivity index (χ0n) is 9.68. The number of rotatable bonds is 6. The van der Waals surface area contributed by atoms with Gasteiger partial charge in [0.05, 0.1) is 19.6 Å². The van der Waals surface area contributed by atoms with Crippen LogP contribution in [0.5, 0.6) is 0 Å². The van der Waals surface area contributed by atoms with Crippen molar-refractivity contribution in [1.82, 2.24) is 0 Å². The van der Waals surface area contributed by atoms with Crippen LogP contribution in [0.2, 0.25) is 0 Å². The first-order chi connectivity index (χ1) is 5.81. The molecule has 0 amide bonds. The first kappa shape index (κ1) is 16.4. The molecule has 0 heterocycles. The van der Waals surface area contributed by atoms with Crippen LogP contribution in [0.15, 0.2) is 0 Å². The lowest BCUT2D eigenvalue weighted by molar-refractivity contribution is -0.147. The molecule has 0 aromatic heterocycles. The number of hydrogen-bond donors (Lipinski definition) is 1. The van der Waals surface area contributed by atoms with Gasteiger partial charge in [0.15, 0.2) is 0 Å². The minimum Gasteiger partial charge on any atom is -0.387 e. The smallest absolute Gasteiger partial charge is 0.0906 e. The lowest BCUT2D eigenvalue weighted by atomic mass is 9.89. The summed E-state index contributed by atoms with van der Waals surface area (Å²) in [7, 11) is 0. The monoisotopic (exact) mass is 202 g/mol. The quantitative estimate of drug-likeness (QED) is 0.523. The van der Waals surface area contributed by atoms with Gasteiger partial charge in [-0.25, -0.2) is 0 Å². The lowest BCUT2D eigenvalue weighted by Gasteiger charge is -2.37. The van der Waals surface area contributed by atoms with Crippen LogP contribution in [-0.2, 0) is 4.74 Å². The van der Waals surface area contributed by atoms with Crippen LogP contribution in [0.3, 0.4) is 0 Å². The molecule has 0 saturated heterocycles.